The molecular weight excluding hydrogens is 773 g/mol. The number of ketones is 4. The molecule has 0 bridgehead atoms. The highest BCUT2D eigenvalue weighted by Gasteiger charge is 2.36. The van der Waals surface area contributed by atoms with Gasteiger partial charge in [-0.05, 0) is 46.5 Å². The van der Waals surface area contributed by atoms with E-state index in [4.69, 9.17) is 9.47 Å². The maximum atomic E-state index is 14.4. The van der Waals surface area contributed by atoms with Crippen LogP contribution in [0.5, 0.6) is 0 Å². The van der Waals surface area contributed by atoms with Crippen LogP contribution in [0, 0.1) is 0 Å². The molecule has 0 fully saturated rings. The van der Waals surface area contributed by atoms with Crippen LogP contribution in [-0.2, 0) is 32.3 Å². The van der Waals surface area contributed by atoms with Gasteiger partial charge < -0.3 is 9.47 Å². The molecule has 4 aromatic heterocycles. The zero-order valence-electron chi connectivity index (χ0n) is 30.1. The first-order chi connectivity index (χ1) is 28.3. The molecule has 0 spiro atoms. The number of carbonyl (C=O) groups is 6. The Labute approximate surface area is 336 Å². The number of aromatic nitrogens is 2. The molecule has 58 heavy (non-hydrogen) atoms. The maximum absolute atomic E-state index is 14.4. The van der Waals surface area contributed by atoms with Crippen molar-refractivity contribution in [1.29, 1.82) is 0 Å². The van der Waals surface area contributed by atoms with E-state index in [-0.39, 0.29) is 35.6 Å². The Balaban J connectivity index is 1.18. The van der Waals surface area contributed by atoms with E-state index >= 15 is 0 Å². The summed E-state index contributed by atoms with van der Waals surface area (Å²) in [6, 6.07) is 35.4. The Morgan fingerprint density at radius 1 is 0.517 bits per heavy atom. The van der Waals surface area contributed by atoms with Gasteiger partial charge in [0.25, 0.3) is 0 Å². The van der Waals surface area contributed by atoms with Gasteiger partial charge in [-0.1, -0.05) is 109 Å². The number of thiophene rings is 2. The average Bonchev–Trinajstić information content (AvgIpc) is 4.07. The molecule has 12 heteroatoms. The van der Waals surface area contributed by atoms with Crippen molar-refractivity contribution in [3.05, 3.63) is 165 Å². The Bertz CT molecular complexity index is 3180. The van der Waals surface area contributed by atoms with E-state index in [0.717, 1.165) is 11.1 Å². The lowest BCUT2D eigenvalue weighted by molar-refractivity contribution is -0.110. The van der Waals surface area contributed by atoms with E-state index in [2.05, 4.69) is 0 Å². The fourth-order valence-electron chi connectivity index (χ4n) is 7.56. The minimum atomic E-state index is -0.766. The minimum absolute atomic E-state index is 0.0322. The van der Waals surface area contributed by atoms with Gasteiger partial charge in [0.15, 0.2) is 0 Å². The maximum Gasteiger partial charge on any atom is 0.419 e. The van der Waals surface area contributed by atoms with Crippen LogP contribution in [-0.4, -0.2) is 44.5 Å². The fourth-order valence-corrected chi connectivity index (χ4v) is 10.0. The Morgan fingerprint density at radius 2 is 1.02 bits per heavy atom. The summed E-state index contributed by atoms with van der Waals surface area (Å²) in [7, 11) is 0. The van der Waals surface area contributed by atoms with Crippen LogP contribution in [0.1, 0.15) is 53.5 Å². The predicted molar refractivity (Wildman–Crippen MR) is 222 cm³/mol. The molecule has 280 valence electrons. The van der Waals surface area contributed by atoms with Crippen LogP contribution < -0.4 is 0 Å². The molecule has 0 saturated heterocycles. The molecule has 0 aliphatic heterocycles. The minimum Gasteiger partial charge on any atom is -0.444 e. The Kier molecular flexibility index (Phi) is 8.32. The molecule has 0 amide bonds. The van der Waals surface area contributed by atoms with E-state index in [0.29, 0.717) is 52.2 Å². The Hall–Kier alpha value is -7.28. The third-order valence-corrected chi connectivity index (χ3v) is 12.6. The first kappa shape index (κ1) is 35.2. The Morgan fingerprint density at radius 3 is 1.59 bits per heavy atom. The number of fused-ring (bicyclic) bond motifs is 7. The quantitative estimate of drug-likeness (QED) is 0.120. The van der Waals surface area contributed by atoms with Gasteiger partial charge in [0.1, 0.15) is 13.2 Å². The molecule has 0 saturated carbocycles. The normalized spacial score (nSPS) is 15.0. The molecule has 0 N–H and O–H groups in total. The number of Topliss-reactive ketones (excluding diaryl/α,β-unsaturated/α-hetero) is 4. The summed E-state index contributed by atoms with van der Waals surface area (Å²) in [6.45, 7) is -0.0872. The van der Waals surface area contributed by atoms with Gasteiger partial charge in [0, 0.05) is 27.2 Å². The van der Waals surface area contributed by atoms with E-state index < -0.39 is 35.3 Å². The van der Waals surface area contributed by atoms with Crippen LogP contribution in [0.15, 0.2) is 121 Å². The largest absolute Gasteiger partial charge is 0.444 e. The summed E-state index contributed by atoms with van der Waals surface area (Å²) in [6.07, 6.45) is 1.70. The molecule has 0 atom stereocenters. The number of hydrogen-bond donors (Lipinski definition) is 0. The van der Waals surface area contributed by atoms with Crippen molar-refractivity contribution >= 4 is 112 Å². The third-order valence-electron chi connectivity index (χ3n) is 10.2. The highest BCUT2D eigenvalue weighted by atomic mass is 32.1. The number of nitrogens with zero attached hydrogens (tertiary/aromatic N) is 2. The molecule has 10 nitrogen and oxygen atoms in total. The molecule has 0 unspecified atom stereocenters. The average molecular weight is 799 g/mol. The smallest absolute Gasteiger partial charge is 0.419 e. The lowest BCUT2D eigenvalue weighted by Crippen LogP contribution is -2.17. The topological polar surface area (TPSA) is 131 Å². The lowest BCUT2D eigenvalue weighted by Gasteiger charge is -2.11. The van der Waals surface area contributed by atoms with Gasteiger partial charge in [0.05, 0.1) is 36.3 Å². The second-order valence-electron chi connectivity index (χ2n) is 13.7. The standard InChI is InChI=1S/C46H26N2O8S2/c49-39-31-17-9-7-15-29(31)33(41(39)51)19-27-20-36-37(47(27)45(53)55-23-25-11-3-1-4-12-25)38-44(58-36)43-35(48(38)46(54)56-24-26-13-5-2-6-14-26)22-28(57-43)21-34-30-16-8-10-18-32(30)40(50)42(34)52/h1-22H,23-24H2/b33-19-,34-21-. The number of allylic oxidation sites excluding steroid dienone is 2. The molecule has 10 rings (SSSR count). The lowest BCUT2D eigenvalue weighted by atomic mass is 10.1. The van der Waals surface area contributed by atoms with Crippen molar-refractivity contribution in [1.82, 2.24) is 9.13 Å². The zero-order chi connectivity index (χ0) is 39.7. The van der Waals surface area contributed by atoms with E-state index in [1.54, 1.807) is 66.7 Å². The molecule has 0 radical (unpaired) electrons. The summed E-state index contributed by atoms with van der Waals surface area (Å²) < 4.78 is 16.5. The van der Waals surface area contributed by atoms with Crippen molar-refractivity contribution in [2.75, 3.05) is 0 Å². The van der Waals surface area contributed by atoms with Crippen LogP contribution >= 0.6 is 22.7 Å². The number of carbonyl (C=O) groups excluding carboxylic acids is 6. The zero-order valence-corrected chi connectivity index (χ0v) is 31.7. The van der Waals surface area contributed by atoms with Crippen LogP contribution in [0.2, 0.25) is 0 Å². The van der Waals surface area contributed by atoms with Crippen molar-refractivity contribution in [3.63, 3.8) is 0 Å². The molecule has 8 aromatic rings. The highest BCUT2D eigenvalue weighted by Crippen LogP contribution is 2.47. The number of benzene rings is 4. The van der Waals surface area contributed by atoms with Crippen molar-refractivity contribution in [2.24, 2.45) is 0 Å². The second-order valence-corrected chi connectivity index (χ2v) is 15.8. The first-order valence-electron chi connectivity index (χ1n) is 18.1. The molecular formula is C46H26N2O8S2. The number of ether oxygens (including phenoxy) is 2. The summed E-state index contributed by atoms with van der Waals surface area (Å²) in [5, 5.41) is 0. The van der Waals surface area contributed by atoms with E-state index in [1.165, 1.54) is 37.9 Å². The SMILES string of the molecule is O=C1C(=O)c2ccccc2/C1=C/c1cc2c(s1)c1sc3cc(/C=C4\C(=O)C(=O)c5ccccc54)n(C(=O)OCc4ccccc4)c3c1n2C(=O)OCc1ccccc1. The summed E-state index contributed by atoms with van der Waals surface area (Å²) in [5.74, 6) is -2.51. The summed E-state index contributed by atoms with van der Waals surface area (Å²) >= 11 is 2.66. The number of rotatable bonds is 6. The monoisotopic (exact) mass is 798 g/mol. The van der Waals surface area contributed by atoms with E-state index in [9.17, 15) is 28.8 Å². The van der Waals surface area contributed by atoms with Crippen LogP contribution in [0.4, 0.5) is 9.59 Å². The van der Waals surface area contributed by atoms with Crippen LogP contribution in [0.3, 0.4) is 0 Å². The number of hydrogen-bond acceptors (Lipinski definition) is 10. The van der Waals surface area contributed by atoms with Crippen molar-refractivity contribution in [2.45, 2.75) is 13.2 Å². The molecule has 4 aromatic carbocycles. The molecule has 4 heterocycles. The predicted octanol–water partition coefficient (Wildman–Crippen LogP) is 9.85. The summed E-state index contributed by atoms with van der Waals surface area (Å²) in [5.41, 5.74) is 5.01. The van der Waals surface area contributed by atoms with Gasteiger partial charge in [-0.2, -0.15) is 0 Å². The van der Waals surface area contributed by atoms with Gasteiger partial charge in [-0.3, -0.25) is 19.2 Å². The fraction of sp³-hybridized carbons (Fsp3) is 0.0435. The highest BCUT2D eigenvalue weighted by molar-refractivity contribution is 7.31. The van der Waals surface area contributed by atoms with Crippen molar-refractivity contribution in [3.8, 4) is 0 Å². The van der Waals surface area contributed by atoms with E-state index in [1.807, 2.05) is 60.7 Å². The van der Waals surface area contributed by atoms with Crippen molar-refractivity contribution < 1.29 is 38.2 Å². The molecule has 2 aliphatic carbocycles. The summed E-state index contributed by atoms with van der Waals surface area (Å²) in [4.78, 5) is 81.6. The second kappa shape index (κ2) is 13.7. The van der Waals surface area contributed by atoms with Gasteiger partial charge in [-0.25, -0.2) is 18.7 Å². The van der Waals surface area contributed by atoms with Gasteiger partial charge in [0.2, 0.25) is 23.1 Å². The van der Waals surface area contributed by atoms with Crippen LogP contribution in [0.25, 0.3) is 53.9 Å². The molecule has 2 aliphatic rings. The van der Waals surface area contributed by atoms with Gasteiger partial charge >= 0.3 is 12.2 Å². The van der Waals surface area contributed by atoms with Gasteiger partial charge in [-0.15, -0.1) is 22.7 Å². The first-order valence-corrected chi connectivity index (χ1v) is 19.7. The third kappa shape index (κ3) is 5.60.